The van der Waals surface area contributed by atoms with Gasteiger partial charge in [-0.2, -0.15) is 5.26 Å². The second-order valence-corrected chi connectivity index (χ2v) is 3.33. The van der Waals surface area contributed by atoms with Crippen LogP contribution in [0.3, 0.4) is 0 Å². The van der Waals surface area contributed by atoms with Crippen molar-refractivity contribution in [3.05, 3.63) is 0 Å². The van der Waals surface area contributed by atoms with Gasteiger partial charge in [0.15, 0.2) is 0 Å². The molecule has 1 aliphatic rings. The van der Waals surface area contributed by atoms with Crippen molar-refractivity contribution >= 4 is 0 Å². The van der Waals surface area contributed by atoms with E-state index in [2.05, 4.69) is 4.90 Å². The fraction of sp³-hybridized carbons (Fsp3) is 0.923. The van der Waals surface area contributed by atoms with Gasteiger partial charge in [-0.05, 0) is 19.4 Å². The monoisotopic (exact) mass is 243 g/mol. The maximum absolute atomic E-state index is 8.46. The van der Waals surface area contributed by atoms with E-state index in [1.165, 1.54) is 0 Å². The van der Waals surface area contributed by atoms with Crippen molar-refractivity contribution < 1.29 is 4.74 Å². The summed E-state index contributed by atoms with van der Waals surface area (Å²) >= 11 is 0. The summed E-state index contributed by atoms with van der Waals surface area (Å²) in [5.74, 6) is 0. The molecule has 1 heterocycles. The average molecular weight is 243 g/mol. The van der Waals surface area contributed by atoms with Crippen LogP contribution in [0.1, 0.15) is 40.5 Å². The summed E-state index contributed by atoms with van der Waals surface area (Å²) < 4.78 is 5.23. The fourth-order valence-corrected chi connectivity index (χ4v) is 1.42. The number of morpholine rings is 1. The van der Waals surface area contributed by atoms with Crippen molar-refractivity contribution in [3.8, 4) is 6.07 Å². The lowest BCUT2D eigenvalue weighted by Gasteiger charge is -2.26. The highest BCUT2D eigenvalue weighted by molar-refractivity contribution is 4.86. The molecule has 1 saturated heterocycles. The van der Waals surface area contributed by atoms with Crippen LogP contribution in [-0.2, 0) is 4.74 Å². The summed E-state index contributed by atoms with van der Waals surface area (Å²) in [6.07, 6.45) is 1.81. The first-order valence-electron chi connectivity index (χ1n) is 6.78. The van der Waals surface area contributed by atoms with Gasteiger partial charge in [-0.15, -0.1) is 0 Å². The highest BCUT2D eigenvalue weighted by atomic mass is 16.5. The van der Waals surface area contributed by atoms with Crippen molar-refractivity contribution in [2.75, 3.05) is 32.8 Å². The molecule has 0 saturated carbocycles. The predicted octanol–water partition coefficient (Wildman–Crippen LogP) is 2.00. The van der Waals surface area contributed by atoms with Crippen LogP contribution in [0.15, 0.2) is 0 Å². The molecule has 0 aromatic carbocycles. The van der Waals surface area contributed by atoms with E-state index in [1.807, 2.05) is 33.8 Å². The van der Waals surface area contributed by atoms with Gasteiger partial charge >= 0.3 is 0 Å². The Morgan fingerprint density at radius 2 is 1.76 bits per heavy atom. The minimum atomic E-state index is -0.291. The zero-order valence-electron chi connectivity index (χ0n) is 11.9. The van der Waals surface area contributed by atoms with E-state index in [-0.39, 0.29) is 6.04 Å². The van der Waals surface area contributed by atoms with Gasteiger partial charge < -0.3 is 10.5 Å². The second kappa shape index (κ2) is 15.4. The number of nitriles is 1. The van der Waals surface area contributed by atoms with E-state index in [0.29, 0.717) is 0 Å². The molecule has 0 bridgehead atoms. The molecule has 4 nitrogen and oxygen atoms in total. The number of ether oxygens (including phenoxy) is 1. The molecule has 1 rings (SSSR count). The molecule has 17 heavy (non-hydrogen) atoms. The van der Waals surface area contributed by atoms with Gasteiger partial charge in [0.05, 0.1) is 25.3 Å². The standard InChI is InChI=1S/C9H17N3O.2C2H6/c10-8-9(11)2-1-3-12-4-6-13-7-5-12;2*1-2/h9H,1-7,11H2;2*1-2H3. The Bertz CT molecular complexity index is 174. The summed E-state index contributed by atoms with van der Waals surface area (Å²) in [6, 6.07) is 1.75. The van der Waals surface area contributed by atoms with Gasteiger partial charge in [0.2, 0.25) is 0 Å². The van der Waals surface area contributed by atoms with Gasteiger partial charge in [0, 0.05) is 13.1 Å². The summed E-state index contributed by atoms with van der Waals surface area (Å²) in [6.45, 7) is 12.7. The largest absolute Gasteiger partial charge is 0.379 e. The zero-order chi connectivity index (χ0) is 13.5. The third kappa shape index (κ3) is 11.6. The minimum Gasteiger partial charge on any atom is -0.379 e. The van der Waals surface area contributed by atoms with Crippen LogP contribution in [0.2, 0.25) is 0 Å². The molecule has 1 atom stereocenters. The molecule has 0 aromatic rings. The van der Waals surface area contributed by atoms with Crippen molar-refractivity contribution in [1.29, 1.82) is 5.26 Å². The third-order valence-electron chi connectivity index (χ3n) is 2.26. The van der Waals surface area contributed by atoms with Crippen LogP contribution >= 0.6 is 0 Å². The van der Waals surface area contributed by atoms with Crippen LogP contribution in [0.4, 0.5) is 0 Å². The lowest BCUT2D eigenvalue weighted by atomic mass is 10.2. The number of hydrogen-bond donors (Lipinski definition) is 1. The molecule has 0 spiro atoms. The van der Waals surface area contributed by atoms with Crippen molar-refractivity contribution in [3.63, 3.8) is 0 Å². The maximum atomic E-state index is 8.46. The van der Waals surface area contributed by atoms with E-state index in [0.717, 1.165) is 45.7 Å². The summed E-state index contributed by atoms with van der Waals surface area (Å²) in [4.78, 5) is 2.35. The van der Waals surface area contributed by atoms with E-state index < -0.39 is 0 Å². The van der Waals surface area contributed by atoms with Gasteiger partial charge in [-0.1, -0.05) is 27.7 Å². The van der Waals surface area contributed by atoms with Crippen LogP contribution in [0.5, 0.6) is 0 Å². The molecule has 1 fully saturated rings. The number of nitrogens with two attached hydrogens (primary N) is 1. The molecule has 1 aliphatic heterocycles. The topological polar surface area (TPSA) is 62.3 Å². The van der Waals surface area contributed by atoms with Gasteiger partial charge in [0.25, 0.3) is 0 Å². The van der Waals surface area contributed by atoms with Crippen molar-refractivity contribution in [1.82, 2.24) is 4.90 Å². The van der Waals surface area contributed by atoms with E-state index in [1.54, 1.807) is 0 Å². The predicted molar refractivity (Wildman–Crippen MR) is 72.8 cm³/mol. The SMILES string of the molecule is CC.CC.N#CC(N)CCCN1CCOCC1. The Morgan fingerprint density at radius 3 is 2.24 bits per heavy atom. The zero-order valence-corrected chi connectivity index (χ0v) is 11.9. The van der Waals surface area contributed by atoms with Crippen LogP contribution in [-0.4, -0.2) is 43.8 Å². The van der Waals surface area contributed by atoms with Crippen LogP contribution < -0.4 is 5.73 Å². The molecule has 0 amide bonds. The highest BCUT2D eigenvalue weighted by Gasteiger charge is 2.09. The summed E-state index contributed by atoms with van der Waals surface area (Å²) in [7, 11) is 0. The lowest BCUT2D eigenvalue weighted by molar-refractivity contribution is 0.0371. The average Bonchev–Trinajstić information content (AvgIpc) is 2.44. The Labute approximate surface area is 107 Å². The van der Waals surface area contributed by atoms with E-state index in [4.69, 9.17) is 15.7 Å². The smallest absolute Gasteiger partial charge is 0.0928 e. The molecule has 2 N–H and O–H groups in total. The molecule has 4 heteroatoms. The quantitative estimate of drug-likeness (QED) is 0.820. The lowest BCUT2D eigenvalue weighted by Crippen LogP contribution is -2.37. The normalized spacial score (nSPS) is 16.7. The first-order chi connectivity index (χ1) is 8.33. The highest BCUT2D eigenvalue weighted by Crippen LogP contribution is 2.01. The van der Waals surface area contributed by atoms with Gasteiger partial charge in [0.1, 0.15) is 0 Å². The second-order valence-electron chi connectivity index (χ2n) is 3.33. The minimum absolute atomic E-state index is 0.291. The molecule has 0 radical (unpaired) electrons. The molecular formula is C13H29N3O. The first kappa shape index (κ1) is 18.7. The maximum Gasteiger partial charge on any atom is 0.0928 e. The molecule has 0 aromatic heterocycles. The van der Waals surface area contributed by atoms with Crippen LogP contribution in [0.25, 0.3) is 0 Å². The van der Waals surface area contributed by atoms with Crippen LogP contribution in [0, 0.1) is 11.3 Å². The number of hydrogen-bond acceptors (Lipinski definition) is 4. The van der Waals surface area contributed by atoms with Gasteiger partial charge in [-0.3, -0.25) is 4.90 Å². The molecular weight excluding hydrogens is 214 g/mol. The Kier molecular flexibility index (Phi) is 16.9. The Morgan fingerprint density at radius 1 is 1.24 bits per heavy atom. The summed E-state index contributed by atoms with van der Waals surface area (Å²) in [5, 5.41) is 8.46. The van der Waals surface area contributed by atoms with Crippen molar-refractivity contribution in [2.24, 2.45) is 5.73 Å². The molecule has 0 aliphatic carbocycles. The van der Waals surface area contributed by atoms with E-state index in [9.17, 15) is 0 Å². The Hall–Kier alpha value is -0.630. The Balaban J connectivity index is 0. The van der Waals surface area contributed by atoms with E-state index >= 15 is 0 Å². The fourth-order valence-electron chi connectivity index (χ4n) is 1.42. The number of nitrogens with zero attached hydrogens (tertiary/aromatic N) is 2. The van der Waals surface area contributed by atoms with Gasteiger partial charge in [-0.25, -0.2) is 0 Å². The summed E-state index contributed by atoms with van der Waals surface area (Å²) in [5.41, 5.74) is 5.48. The third-order valence-corrected chi connectivity index (χ3v) is 2.26. The van der Waals surface area contributed by atoms with Crippen molar-refractivity contribution in [2.45, 2.75) is 46.6 Å². The number of rotatable bonds is 4. The molecule has 1 unspecified atom stereocenters. The first-order valence-corrected chi connectivity index (χ1v) is 6.78. The molecule has 102 valence electrons.